The van der Waals surface area contributed by atoms with E-state index in [0.29, 0.717) is 11.8 Å². The summed E-state index contributed by atoms with van der Waals surface area (Å²) < 4.78 is 7.34. The molecule has 3 aromatic rings. The highest BCUT2D eigenvalue weighted by molar-refractivity contribution is 5.80. The monoisotopic (exact) mass is 698 g/mol. The molecular formula is C49H62O3. The van der Waals surface area contributed by atoms with E-state index in [1.54, 1.807) is 5.57 Å². The highest BCUT2D eigenvalue weighted by Gasteiger charge is 2.69. The van der Waals surface area contributed by atoms with Crippen LogP contribution in [0.2, 0.25) is 0 Å². The van der Waals surface area contributed by atoms with Crippen LogP contribution >= 0.6 is 0 Å². The molecule has 0 spiro atoms. The van der Waals surface area contributed by atoms with Crippen LogP contribution in [0, 0.1) is 50.2 Å². The van der Waals surface area contributed by atoms with E-state index in [4.69, 9.17) is 4.74 Å². The summed E-state index contributed by atoms with van der Waals surface area (Å²) >= 11 is 0. The van der Waals surface area contributed by atoms with Crippen LogP contribution in [-0.2, 0) is 15.1 Å². The first-order valence-electron chi connectivity index (χ1n) is 20.4. The Morgan fingerprint density at radius 1 is 0.673 bits per heavy atom. The van der Waals surface area contributed by atoms with E-state index in [9.17, 15) is 5.11 Å². The Labute approximate surface area is 313 Å². The van der Waals surface area contributed by atoms with Gasteiger partial charge < -0.3 is 9.84 Å². The lowest BCUT2D eigenvalue weighted by atomic mass is 9.33. The molecule has 1 N–H and O–H groups in total. The molecule has 2 unspecified atom stereocenters. The van der Waals surface area contributed by atoms with Crippen molar-refractivity contribution in [3.63, 3.8) is 0 Å². The first kappa shape index (κ1) is 35.8. The Morgan fingerprint density at radius 3 is 1.77 bits per heavy atom. The van der Waals surface area contributed by atoms with Gasteiger partial charge in [0.05, 0.1) is 11.5 Å². The highest BCUT2D eigenvalue weighted by atomic mass is 16.6. The molecule has 276 valence electrons. The Hall–Kier alpha value is -3.17. The minimum atomic E-state index is -1.07. The molecule has 8 rings (SSSR count). The number of allylic oxidation sites excluding steroid dienone is 2. The Balaban J connectivity index is 1.24. The van der Waals surface area contributed by atoms with Crippen molar-refractivity contribution in [3.05, 3.63) is 119 Å². The average Bonchev–Trinajstić information content (AvgIpc) is 3.13. The topological polar surface area (TPSA) is 46.5 Å². The second-order valence-corrected chi connectivity index (χ2v) is 19.9. The van der Waals surface area contributed by atoms with Crippen molar-refractivity contribution in [2.24, 2.45) is 50.2 Å². The molecule has 3 nitrogen and oxygen atoms in total. The number of hydrogen-bond acceptors (Lipinski definition) is 3. The number of carbonyl (C=O) groups excluding carboxylic acids is 1. The van der Waals surface area contributed by atoms with E-state index in [1.165, 1.54) is 12.8 Å². The quantitative estimate of drug-likeness (QED) is 0.164. The third kappa shape index (κ3) is 4.96. The standard InChI is InChI=1S/C49H62O3/c1-43(2)29-31-48(42(51)52-49(34-17-11-8-12-18-34,35-19-13-9-14-20-35)36-21-15-10-16-22-36)32-30-46(6)37(38(48)33-43)23-24-40-45(5)27-26-41(50)44(3,4)39(45)25-28-47(40,46)7/h8-23,38-41,50H,24-33H2,1-7H3/t38?,39?,40-,41+,45+,46-,47-,48+/m1/s1. The van der Waals surface area contributed by atoms with Crippen LogP contribution in [0.1, 0.15) is 129 Å². The van der Waals surface area contributed by atoms with Gasteiger partial charge >= 0.3 is 5.97 Å². The second kappa shape index (κ2) is 12.2. The van der Waals surface area contributed by atoms with Gasteiger partial charge in [-0.1, -0.05) is 151 Å². The fourth-order valence-electron chi connectivity index (χ4n) is 13.5. The van der Waals surface area contributed by atoms with Crippen molar-refractivity contribution in [3.8, 4) is 0 Å². The van der Waals surface area contributed by atoms with Gasteiger partial charge in [0.1, 0.15) is 0 Å². The maximum Gasteiger partial charge on any atom is 0.314 e. The summed E-state index contributed by atoms with van der Waals surface area (Å²) in [4.78, 5) is 15.7. The summed E-state index contributed by atoms with van der Waals surface area (Å²) in [6.45, 7) is 17.3. The van der Waals surface area contributed by atoms with Crippen molar-refractivity contribution in [2.45, 2.75) is 124 Å². The number of aliphatic hydroxyl groups is 1. The van der Waals surface area contributed by atoms with Gasteiger partial charge in [-0.25, -0.2) is 0 Å². The van der Waals surface area contributed by atoms with Crippen LogP contribution in [0.4, 0.5) is 0 Å². The molecular weight excluding hydrogens is 637 g/mol. The number of hydrogen-bond donors (Lipinski definition) is 1. The highest BCUT2D eigenvalue weighted by Crippen LogP contribution is 2.76. The van der Waals surface area contributed by atoms with Crippen LogP contribution in [0.25, 0.3) is 0 Å². The second-order valence-electron chi connectivity index (χ2n) is 19.9. The van der Waals surface area contributed by atoms with E-state index in [2.05, 4.69) is 127 Å². The molecule has 5 aliphatic carbocycles. The zero-order chi connectivity index (χ0) is 36.8. The molecule has 8 atom stereocenters. The van der Waals surface area contributed by atoms with Crippen LogP contribution in [0.15, 0.2) is 103 Å². The number of esters is 1. The van der Waals surface area contributed by atoms with Crippen molar-refractivity contribution in [1.29, 1.82) is 0 Å². The number of carbonyl (C=O) groups is 1. The molecule has 3 heteroatoms. The van der Waals surface area contributed by atoms with Gasteiger partial charge in [0.15, 0.2) is 5.60 Å². The normalized spacial score (nSPS) is 37.7. The van der Waals surface area contributed by atoms with Gasteiger partial charge in [-0.2, -0.15) is 0 Å². The summed E-state index contributed by atoms with van der Waals surface area (Å²) in [5.41, 5.74) is 3.26. The molecule has 0 radical (unpaired) electrons. The largest absolute Gasteiger partial charge is 0.444 e. The molecule has 0 bridgehead atoms. The smallest absolute Gasteiger partial charge is 0.314 e. The minimum Gasteiger partial charge on any atom is -0.444 e. The van der Waals surface area contributed by atoms with Crippen LogP contribution in [0.3, 0.4) is 0 Å². The lowest BCUT2D eigenvalue weighted by molar-refractivity contribution is -0.208. The summed E-state index contributed by atoms with van der Waals surface area (Å²) in [6.07, 6.45) is 12.6. The molecule has 4 fully saturated rings. The molecule has 0 amide bonds. The van der Waals surface area contributed by atoms with Crippen molar-refractivity contribution in [1.82, 2.24) is 0 Å². The molecule has 5 aliphatic rings. The Kier molecular flexibility index (Phi) is 8.39. The van der Waals surface area contributed by atoms with E-state index in [0.717, 1.165) is 68.1 Å². The fraction of sp³-hybridized carbons (Fsp3) is 0.571. The predicted octanol–water partition coefficient (Wildman–Crippen LogP) is 11.7. The SMILES string of the molecule is CC1(C)CC[C@]2(C(=O)OC(c3ccccc3)(c3ccccc3)c3ccccc3)CC[C@]3(C)C(=CC[C@@H]4[C@@]5(C)CC[C@H](O)C(C)(C)C5CC[C@]43C)C2C1. The first-order chi connectivity index (χ1) is 24.6. The van der Waals surface area contributed by atoms with Crippen LogP contribution < -0.4 is 0 Å². The lowest BCUT2D eigenvalue weighted by Gasteiger charge is -2.71. The van der Waals surface area contributed by atoms with Gasteiger partial charge in [-0.15, -0.1) is 0 Å². The molecule has 52 heavy (non-hydrogen) atoms. The van der Waals surface area contributed by atoms with Gasteiger partial charge in [0.2, 0.25) is 0 Å². The van der Waals surface area contributed by atoms with Gasteiger partial charge in [-0.05, 0) is 109 Å². The summed E-state index contributed by atoms with van der Waals surface area (Å²) in [7, 11) is 0. The van der Waals surface area contributed by atoms with Crippen molar-refractivity contribution in [2.75, 3.05) is 0 Å². The molecule has 0 aromatic heterocycles. The zero-order valence-corrected chi connectivity index (χ0v) is 32.9. The number of benzene rings is 3. The number of rotatable bonds is 5. The molecule has 0 aliphatic heterocycles. The molecule has 0 saturated heterocycles. The Morgan fingerprint density at radius 2 is 1.21 bits per heavy atom. The average molecular weight is 699 g/mol. The van der Waals surface area contributed by atoms with Crippen molar-refractivity contribution < 1.29 is 14.6 Å². The number of fused-ring (bicyclic) bond motifs is 7. The maximum atomic E-state index is 15.7. The van der Waals surface area contributed by atoms with E-state index in [-0.39, 0.29) is 45.1 Å². The first-order valence-corrected chi connectivity index (χ1v) is 20.4. The summed E-state index contributed by atoms with van der Waals surface area (Å²) in [6, 6.07) is 31.2. The third-order valence-electron chi connectivity index (χ3n) is 16.8. The molecule has 0 heterocycles. The van der Waals surface area contributed by atoms with Crippen LogP contribution in [-0.4, -0.2) is 17.2 Å². The maximum absolute atomic E-state index is 15.7. The Bertz CT molecular complexity index is 1730. The predicted molar refractivity (Wildman–Crippen MR) is 210 cm³/mol. The van der Waals surface area contributed by atoms with E-state index in [1.807, 2.05) is 18.2 Å². The van der Waals surface area contributed by atoms with Crippen LogP contribution in [0.5, 0.6) is 0 Å². The summed E-state index contributed by atoms with van der Waals surface area (Å²) in [5.74, 6) is 1.21. The number of aliphatic hydroxyl groups excluding tert-OH is 1. The van der Waals surface area contributed by atoms with E-state index < -0.39 is 11.0 Å². The summed E-state index contributed by atoms with van der Waals surface area (Å²) in [5, 5.41) is 11.2. The minimum absolute atomic E-state index is 0.0152. The van der Waals surface area contributed by atoms with Crippen molar-refractivity contribution >= 4 is 5.97 Å². The zero-order valence-electron chi connectivity index (χ0n) is 32.9. The van der Waals surface area contributed by atoms with Gasteiger partial charge in [0, 0.05) is 16.7 Å². The molecule has 3 aromatic carbocycles. The van der Waals surface area contributed by atoms with E-state index >= 15 is 4.79 Å². The van der Waals surface area contributed by atoms with Gasteiger partial charge in [0.25, 0.3) is 0 Å². The fourth-order valence-corrected chi connectivity index (χ4v) is 13.5. The lowest BCUT2D eigenvalue weighted by Crippen LogP contribution is -2.65. The molecule has 4 saturated carbocycles. The van der Waals surface area contributed by atoms with Gasteiger partial charge in [-0.3, -0.25) is 4.79 Å². The third-order valence-corrected chi connectivity index (χ3v) is 16.8. The number of ether oxygens (including phenoxy) is 1.